The largest absolute Gasteiger partial charge is 0.352 e. The molecule has 0 bridgehead atoms. The lowest BCUT2D eigenvalue weighted by Gasteiger charge is -2.21. The summed E-state index contributed by atoms with van der Waals surface area (Å²) in [5.41, 5.74) is 0. The molecule has 0 aromatic carbocycles. The SMILES string of the molecule is CC(OCCN(C)C)OC(C)OCCN(C)C. The molecule has 0 saturated heterocycles. The van der Waals surface area contributed by atoms with E-state index in [0.29, 0.717) is 13.2 Å². The molecule has 0 aliphatic carbocycles. The van der Waals surface area contributed by atoms with Crippen molar-refractivity contribution in [2.24, 2.45) is 0 Å². The maximum Gasteiger partial charge on any atom is 0.158 e. The Morgan fingerprint density at radius 1 is 0.765 bits per heavy atom. The van der Waals surface area contributed by atoms with Crippen molar-refractivity contribution in [2.45, 2.75) is 26.4 Å². The molecule has 0 N–H and O–H groups in total. The second kappa shape index (κ2) is 9.79. The molecule has 0 aromatic heterocycles. The minimum atomic E-state index is -0.232. The highest BCUT2D eigenvalue weighted by Crippen LogP contribution is 2.01. The van der Waals surface area contributed by atoms with Crippen LogP contribution >= 0.6 is 0 Å². The quantitative estimate of drug-likeness (QED) is 0.536. The van der Waals surface area contributed by atoms with Gasteiger partial charge >= 0.3 is 0 Å². The Hall–Kier alpha value is -0.200. The predicted molar refractivity (Wildman–Crippen MR) is 69.0 cm³/mol. The van der Waals surface area contributed by atoms with Crippen LogP contribution in [0.25, 0.3) is 0 Å². The standard InChI is InChI=1S/C12H28N2O3/c1-11(15-9-7-13(3)4)17-12(2)16-10-8-14(5)6/h11-12H,7-10H2,1-6H3. The average molecular weight is 248 g/mol. The normalized spacial score (nSPS) is 15.5. The summed E-state index contributed by atoms with van der Waals surface area (Å²) in [4.78, 5) is 4.15. The van der Waals surface area contributed by atoms with E-state index < -0.39 is 0 Å². The number of hydrogen-bond acceptors (Lipinski definition) is 5. The average Bonchev–Trinajstić information content (AvgIpc) is 2.15. The van der Waals surface area contributed by atoms with E-state index >= 15 is 0 Å². The minimum Gasteiger partial charge on any atom is -0.352 e. The molecule has 0 fully saturated rings. The lowest BCUT2D eigenvalue weighted by atomic mass is 10.6. The molecule has 0 amide bonds. The van der Waals surface area contributed by atoms with E-state index in [2.05, 4.69) is 9.80 Å². The summed E-state index contributed by atoms with van der Waals surface area (Å²) in [6.45, 7) is 6.90. The van der Waals surface area contributed by atoms with Gasteiger partial charge in [-0.1, -0.05) is 0 Å². The molecule has 0 saturated carbocycles. The Morgan fingerprint density at radius 3 is 1.41 bits per heavy atom. The van der Waals surface area contributed by atoms with Crippen LogP contribution < -0.4 is 0 Å². The van der Waals surface area contributed by atoms with Crippen molar-refractivity contribution in [1.29, 1.82) is 0 Å². The second-order valence-corrected chi connectivity index (χ2v) is 4.62. The summed E-state index contributed by atoms with van der Waals surface area (Å²) in [6.07, 6.45) is -0.464. The monoisotopic (exact) mass is 248 g/mol. The van der Waals surface area contributed by atoms with E-state index in [0.717, 1.165) is 13.1 Å². The molecule has 5 nitrogen and oxygen atoms in total. The maximum absolute atomic E-state index is 5.53. The van der Waals surface area contributed by atoms with Crippen molar-refractivity contribution in [1.82, 2.24) is 9.80 Å². The van der Waals surface area contributed by atoms with Crippen LogP contribution in [0.5, 0.6) is 0 Å². The van der Waals surface area contributed by atoms with Crippen LogP contribution in [0.15, 0.2) is 0 Å². The summed E-state index contributed by atoms with van der Waals surface area (Å²) in [5, 5.41) is 0. The summed E-state index contributed by atoms with van der Waals surface area (Å²) in [6, 6.07) is 0. The van der Waals surface area contributed by atoms with E-state index in [4.69, 9.17) is 14.2 Å². The number of hydrogen-bond donors (Lipinski definition) is 0. The Balaban J connectivity index is 3.48. The van der Waals surface area contributed by atoms with Crippen LogP contribution in [0.1, 0.15) is 13.8 Å². The molecule has 0 heterocycles. The van der Waals surface area contributed by atoms with Crippen LogP contribution in [0.4, 0.5) is 0 Å². The Kier molecular flexibility index (Phi) is 9.68. The van der Waals surface area contributed by atoms with Gasteiger partial charge in [0.2, 0.25) is 0 Å². The highest BCUT2D eigenvalue weighted by molar-refractivity contribution is 4.44. The van der Waals surface area contributed by atoms with Gasteiger partial charge in [0.15, 0.2) is 12.6 Å². The zero-order chi connectivity index (χ0) is 13.3. The van der Waals surface area contributed by atoms with Gasteiger partial charge in [-0.15, -0.1) is 0 Å². The van der Waals surface area contributed by atoms with Gasteiger partial charge < -0.3 is 24.0 Å². The number of nitrogens with zero attached hydrogens (tertiary/aromatic N) is 2. The van der Waals surface area contributed by atoms with Crippen LogP contribution in [0.2, 0.25) is 0 Å². The van der Waals surface area contributed by atoms with Crippen molar-refractivity contribution in [3.05, 3.63) is 0 Å². The van der Waals surface area contributed by atoms with E-state index in [1.165, 1.54) is 0 Å². The molecule has 0 aliphatic heterocycles. The predicted octanol–water partition coefficient (Wildman–Crippen LogP) is 0.851. The first-order valence-electron chi connectivity index (χ1n) is 6.10. The highest BCUT2D eigenvalue weighted by Gasteiger charge is 2.09. The van der Waals surface area contributed by atoms with Gasteiger partial charge in [0.25, 0.3) is 0 Å². The zero-order valence-corrected chi connectivity index (χ0v) is 12.1. The van der Waals surface area contributed by atoms with E-state index in [9.17, 15) is 0 Å². The molecule has 0 aliphatic rings. The molecule has 2 unspecified atom stereocenters. The van der Waals surface area contributed by atoms with Crippen molar-refractivity contribution in [2.75, 3.05) is 54.5 Å². The molecule has 104 valence electrons. The van der Waals surface area contributed by atoms with Crippen molar-refractivity contribution in [3.63, 3.8) is 0 Å². The van der Waals surface area contributed by atoms with Gasteiger partial charge in [0.05, 0.1) is 13.2 Å². The molecule has 5 heteroatoms. The lowest BCUT2D eigenvalue weighted by molar-refractivity contribution is -0.232. The van der Waals surface area contributed by atoms with Crippen LogP contribution in [-0.4, -0.2) is 76.9 Å². The Bertz CT molecular complexity index is 159. The highest BCUT2D eigenvalue weighted by atomic mass is 16.8. The molecule has 0 radical (unpaired) electrons. The van der Waals surface area contributed by atoms with E-state index in [1.54, 1.807) is 0 Å². The van der Waals surface area contributed by atoms with Gasteiger partial charge in [0, 0.05) is 13.1 Å². The fourth-order valence-corrected chi connectivity index (χ4v) is 1.15. The van der Waals surface area contributed by atoms with Gasteiger partial charge in [-0.3, -0.25) is 0 Å². The Labute approximate surface area is 106 Å². The minimum absolute atomic E-state index is 0.232. The van der Waals surface area contributed by atoms with Crippen LogP contribution in [0, 0.1) is 0 Å². The molecule has 0 rings (SSSR count). The van der Waals surface area contributed by atoms with Crippen molar-refractivity contribution >= 4 is 0 Å². The third-order valence-corrected chi connectivity index (χ3v) is 2.17. The number of ether oxygens (including phenoxy) is 3. The smallest absolute Gasteiger partial charge is 0.158 e. The summed E-state index contributed by atoms with van der Waals surface area (Å²) in [5.74, 6) is 0. The number of likely N-dealkylation sites (N-methyl/N-ethyl adjacent to an activating group) is 2. The van der Waals surface area contributed by atoms with Crippen LogP contribution in [-0.2, 0) is 14.2 Å². The van der Waals surface area contributed by atoms with Crippen molar-refractivity contribution < 1.29 is 14.2 Å². The molecule has 0 spiro atoms. The molecular formula is C12H28N2O3. The van der Waals surface area contributed by atoms with Crippen LogP contribution in [0.3, 0.4) is 0 Å². The molecule has 17 heavy (non-hydrogen) atoms. The Morgan fingerprint density at radius 2 is 1.12 bits per heavy atom. The summed E-state index contributed by atoms with van der Waals surface area (Å²) >= 11 is 0. The summed E-state index contributed by atoms with van der Waals surface area (Å²) in [7, 11) is 8.06. The molecule has 0 aromatic rings. The molecular weight excluding hydrogens is 220 g/mol. The second-order valence-electron chi connectivity index (χ2n) is 4.62. The third kappa shape index (κ3) is 12.1. The first kappa shape index (κ1) is 16.8. The third-order valence-electron chi connectivity index (χ3n) is 2.17. The van der Waals surface area contributed by atoms with E-state index in [-0.39, 0.29) is 12.6 Å². The van der Waals surface area contributed by atoms with Gasteiger partial charge in [0.1, 0.15) is 0 Å². The fraction of sp³-hybridized carbons (Fsp3) is 1.00. The van der Waals surface area contributed by atoms with Gasteiger partial charge in [-0.25, -0.2) is 0 Å². The van der Waals surface area contributed by atoms with Crippen molar-refractivity contribution in [3.8, 4) is 0 Å². The first-order valence-corrected chi connectivity index (χ1v) is 6.10. The maximum atomic E-state index is 5.53. The van der Waals surface area contributed by atoms with E-state index in [1.807, 2.05) is 42.0 Å². The lowest BCUT2D eigenvalue weighted by Crippen LogP contribution is -2.28. The fourth-order valence-electron chi connectivity index (χ4n) is 1.15. The zero-order valence-electron chi connectivity index (χ0n) is 12.1. The van der Waals surface area contributed by atoms with Gasteiger partial charge in [-0.05, 0) is 42.0 Å². The topological polar surface area (TPSA) is 34.2 Å². The number of rotatable bonds is 10. The summed E-state index contributed by atoms with van der Waals surface area (Å²) < 4.78 is 16.5. The van der Waals surface area contributed by atoms with Gasteiger partial charge in [-0.2, -0.15) is 0 Å². The first-order chi connectivity index (χ1) is 7.91. The molecule has 2 atom stereocenters.